The summed E-state index contributed by atoms with van der Waals surface area (Å²) in [4.78, 5) is 13.7. The van der Waals surface area contributed by atoms with E-state index in [1.165, 1.54) is 12.1 Å². The first-order valence-corrected chi connectivity index (χ1v) is 7.35. The van der Waals surface area contributed by atoms with Crippen molar-refractivity contribution in [1.82, 2.24) is 4.90 Å². The van der Waals surface area contributed by atoms with Crippen molar-refractivity contribution in [2.24, 2.45) is 5.10 Å². The summed E-state index contributed by atoms with van der Waals surface area (Å²) in [5.74, 6) is -0.504. The molecule has 0 aliphatic carbocycles. The number of carbonyl (C=O) groups excluding carboxylic acids is 1. The lowest BCUT2D eigenvalue weighted by atomic mass is 10.2. The highest BCUT2D eigenvalue weighted by atomic mass is 19.4. The second-order valence-electron chi connectivity index (χ2n) is 5.04. The topological polar surface area (TPSA) is 53.9 Å². The van der Waals surface area contributed by atoms with Crippen molar-refractivity contribution >= 4 is 17.5 Å². The summed E-state index contributed by atoms with van der Waals surface area (Å²) in [5, 5.41) is 3.97. The molecule has 0 saturated carbocycles. The number of likely N-dealkylation sites (tertiary alicyclic amines) is 1. The second kappa shape index (κ2) is 7.34. The van der Waals surface area contributed by atoms with Crippen LogP contribution in [-0.4, -0.2) is 36.4 Å². The Bertz CT molecular complexity index is 582. The SMILES string of the molecule is CCOC(=O)/C(=N\Nc1cccc(C(F)(F)F)c1)N1CCCC1. The van der Waals surface area contributed by atoms with Crippen LogP contribution in [0.3, 0.4) is 0 Å². The van der Waals surface area contributed by atoms with Gasteiger partial charge >= 0.3 is 12.1 Å². The van der Waals surface area contributed by atoms with Crippen LogP contribution in [0.5, 0.6) is 0 Å². The van der Waals surface area contributed by atoms with Crippen molar-refractivity contribution in [2.75, 3.05) is 25.1 Å². The van der Waals surface area contributed by atoms with E-state index in [2.05, 4.69) is 10.5 Å². The van der Waals surface area contributed by atoms with Crippen molar-refractivity contribution in [3.8, 4) is 0 Å². The lowest BCUT2D eigenvalue weighted by Crippen LogP contribution is -2.36. The maximum Gasteiger partial charge on any atom is 0.416 e. The maximum atomic E-state index is 12.7. The molecular weight excluding hydrogens is 311 g/mol. The van der Waals surface area contributed by atoms with E-state index in [-0.39, 0.29) is 18.1 Å². The Morgan fingerprint density at radius 2 is 2.04 bits per heavy atom. The summed E-state index contributed by atoms with van der Waals surface area (Å²) < 4.78 is 43.0. The van der Waals surface area contributed by atoms with E-state index < -0.39 is 17.7 Å². The number of rotatable bonds is 3. The summed E-state index contributed by atoms with van der Waals surface area (Å²) >= 11 is 0. The van der Waals surface area contributed by atoms with Crippen LogP contribution >= 0.6 is 0 Å². The number of anilines is 1. The molecule has 1 aliphatic heterocycles. The van der Waals surface area contributed by atoms with Crippen LogP contribution in [0.2, 0.25) is 0 Å². The first kappa shape index (κ1) is 17.1. The highest BCUT2D eigenvalue weighted by Gasteiger charge is 2.30. The molecule has 0 bridgehead atoms. The standard InChI is InChI=1S/C15H18F3N3O2/c1-2-23-14(22)13(21-8-3-4-9-21)20-19-12-7-5-6-11(10-12)15(16,17)18/h5-7,10,19H,2-4,8-9H2,1H3/b20-13+. The Labute approximate surface area is 132 Å². The molecule has 1 fully saturated rings. The first-order valence-electron chi connectivity index (χ1n) is 7.35. The number of nitrogens with one attached hydrogen (secondary N) is 1. The number of hydrogen-bond donors (Lipinski definition) is 1. The van der Waals surface area contributed by atoms with Crippen LogP contribution in [0.15, 0.2) is 29.4 Å². The van der Waals surface area contributed by atoms with Gasteiger partial charge in [-0.1, -0.05) is 6.07 Å². The molecule has 0 amide bonds. The Morgan fingerprint density at radius 3 is 2.65 bits per heavy atom. The number of amidine groups is 1. The van der Waals surface area contributed by atoms with E-state index in [4.69, 9.17) is 4.74 Å². The van der Waals surface area contributed by atoms with Gasteiger partial charge in [-0.2, -0.15) is 13.2 Å². The summed E-state index contributed by atoms with van der Waals surface area (Å²) in [5.41, 5.74) is 1.89. The van der Waals surface area contributed by atoms with E-state index >= 15 is 0 Å². The largest absolute Gasteiger partial charge is 0.460 e. The average Bonchev–Trinajstić information content (AvgIpc) is 3.01. The third kappa shape index (κ3) is 4.61. The first-order chi connectivity index (χ1) is 10.9. The molecular formula is C15H18F3N3O2. The lowest BCUT2D eigenvalue weighted by molar-refractivity contribution is -0.137. The molecule has 1 aromatic rings. The van der Waals surface area contributed by atoms with Gasteiger partial charge in [-0.3, -0.25) is 5.43 Å². The molecule has 0 unspecified atom stereocenters. The van der Waals surface area contributed by atoms with Gasteiger partial charge in [-0.25, -0.2) is 4.79 Å². The van der Waals surface area contributed by atoms with Gasteiger partial charge < -0.3 is 9.64 Å². The molecule has 0 atom stereocenters. The Kier molecular flexibility index (Phi) is 5.46. The zero-order valence-electron chi connectivity index (χ0n) is 12.7. The summed E-state index contributed by atoms with van der Waals surface area (Å²) in [6, 6.07) is 4.64. The second-order valence-corrected chi connectivity index (χ2v) is 5.04. The van der Waals surface area contributed by atoms with E-state index in [1.54, 1.807) is 11.8 Å². The van der Waals surface area contributed by atoms with Crippen LogP contribution in [-0.2, 0) is 15.7 Å². The van der Waals surface area contributed by atoms with Crippen molar-refractivity contribution in [2.45, 2.75) is 25.9 Å². The van der Waals surface area contributed by atoms with Gasteiger partial charge in [0.05, 0.1) is 17.9 Å². The molecule has 1 aromatic carbocycles. The predicted molar refractivity (Wildman–Crippen MR) is 79.9 cm³/mol. The number of carbonyl (C=O) groups is 1. The molecule has 23 heavy (non-hydrogen) atoms. The molecule has 1 N–H and O–H groups in total. The number of hydrogen-bond acceptors (Lipinski definition) is 4. The average molecular weight is 329 g/mol. The van der Waals surface area contributed by atoms with Gasteiger partial charge in [0.25, 0.3) is 0 Å². The van der Waals surface area contributed by atoms with E-state index in [0.29, 0.717) is 13.1 Å². The van der Waals surface area contributed by atoms with Crippen LogP contribution < -0.4 is 5.43 Å². The minimum atomic E-state index is -4.43. The molecule has 1 heterocycles. The highest BCUT2D eigenvalue weighted by molar-refractivity contribution is 6.35. The summed E-state index contributed by atoms with van der Waals surface area (Å²) in [6.07, 6.45) is -2.57. The van der Waals surface area contributed by atoms with Gasteiger partial charge in [-0.15, -0.1) is 5.10 Å². The Hall–Kier alpha value is -2.25. The van der Waals surface area contributed by atoms with E-state index in [1.807, 2.05) is 0 Å². The zero-order valence-corrected chi connectivity index (χ0v) is 12.7. The third-order valence-corrected chi connectivity index (χ3v) is 3.34. The lowest BCUT2D eigenvalue weighted by Gasteiger charge is -2.18. The minimum absolute atomic E-state index is 0.0850. The van der Waals surface area contributed by atoms with Crippen molar-refractivity contribution in [3.05, 3.63) is 29.8 Å². The molecule has 1 aliphatic rings. The number of benzene rings is 1. The molecule has 0 radical (unpaired) electrons. The molecule has 126 valence electrons. The van der Waals surface area contributed by atoms with Crippen LogP contribution in [0.4, 0.5) is 18.9 Å². The zero-order chi connectivity index (χ0) is 16.9. The van der Waals surface area contributed by atoms with Gasteiger partial charge in [0.2, 0.25) is 5.84 Å². The smallest absolute Gasteiger partial charge is 0.416 e. The third-order valence-electron chi connectivity index (χ3n) is 3.34. The molecule has 5 nitrogen and oxygen atoms in total. The summed E-state index contributed by atoms with van der Waals surface area (Å²) in [7, 11) is 0. The fraction of sp³-hybridized carbons (Fsp3) is 0.467. The summed E-state index contributed by atoms with van der Waals surface area (Å²) in [6.45, 7) is 3.22. The fourth-order valence-electron chi connectivity index (χ4n) is 2.25. The molecule has 0 aromatic heterocycles. The predicted octanol–water partition coefficient (Wildman–Crippen LogP) is 3.09. The maximum absolute atomic E-state index is 12.7. The van der Waals surface area contributed by atoms with Gasteiger partial charge in [0, 0.05) is 13.1 Å². The number of ether oxygens (including phenoxy) is 1. The van der Waals surface area contributed by atoms with Crippen LogP contribution in [0.1, 0.15) is 25.3 Å². The molecule has 8 heteroatoms. The number of halogens is 3. The number of esters is 1. The highest BCUT2D eigenvalue weighted by Crippen LogP contribution is 2.30. The minimum Gasteiger partial charge on any atom is -0.460 e. The van der Waals surface area contributed by atoms with Crippen LogP contribution in [0, 0.1) is 0 Å². The van der Waals surface area contributed by atoms with E-state index in [0.717, 1.165) is 25.0 Å². The monoisotopic (exact) mass is 329 g/mol. The van der Waals surface area contributed by atoms with Crippen LogP contribution in [0.25, 0.3) is 0 Å². The normalized spacial score (nSPS) is 15.7. The van der Waals surface area contributed by atoms with Gasteiger partial charge in [-0.05, 0) is 38.0 Å². The van der Waals surface area contributed by atoms with Gasteiger partial charge in [0.15, 0.2) is 0 Å². The van der Waals surface area contributed by atoms with Crippen molar-refractivity contribution in [1.29, 1.82) is 0 Å². The van der Waals surface area contributed by atoms with Gasteiger partial charge in [0.1, 0.15) is 0 Å². The van der Waals surface area contributed by atoms with Crippen molar-refractivity contribution in [3.63, 3.8) is 0 Å². The molecule has 0 spiro atoms. The number of alkyl halides is 3. The quantitative estimate of drug-likeness (QED) is 0.401. The number of nitrogens with zero attached hydrogens (tertiary/aromatic N) is 2. The Morgan fingerprint density at radius 1 is 1.35 bits per heavy atom. The molecule has 1 saturated heterocycles. The fourth-order valence-corrected chi connectivity index (χ4v) is 2.25. The van der Waals surface area contributed by atoms with Crippen molar-refractivity contribution < 1.29 is 22.7 Å². The number of hydrazone groups is 1. The molecule has 2 rings (SSSR count). The Balaban J connectivity index is 2.18. The van der Waals surface area contributed by atoms with E-state index in [9.17, 15) is 18.0 Å².